The van der Waals surface area contributed by atoms with Gasteiger partial charge in [-0.2, -0.15) is 5.01 Å². The molecule has 0 saturated carbocycles. The fourth-order valence-electron chi connectivity index (χ4n) is 16.2. The number of fused-ring (bicyclic) bond motifs is 7. The molecular formula is C107H73ClN12O21S. The van der Waals surface area contributed by atoms with Crippen LogP contribution in [0, 0.1) is 0 Å². The lowest BCUT2D eigenvalue weighted by molar-refractivity contribution is -0.113. The molecule has 0 atom stereocenters. The second-order valence-corrected chi connectivity index (χ2v) is 33.8. The Balaban J connectivity index is 0.000000132. The van der Waals surface area contributed by atoms with Gasteiger partial charge in [-0.25, -0.2) is 29.4 Å². The number of ether oxygens (including phenoxy) is 1. The summed E-state index contributed by atoms with van der Waals surface area (Å²) in [6, 6.07) is 68.7. The van der Waals surface area contributed by atoms with Crippen molar-refractivity contribution in [1.82, 2.24) is 39.8 Å². The number of Topliss-reactive ketones (excluding diaryl/α,β-unsaturated/α-hetero) is 2. The van der Waals surface area contributed by atoms with E-state index in [4.69, 9.17) is 26.6 Å². The quantitative estimate of drug-likeness (QED) is 0.0172. The Labute approximate surface area is 813 Å². The summed E-state index contributed by atoms with van der Waals surface area (Å²) in [5.41, 5.74) is 9.20. The number of carboxylic acid groups (broad SMARTS) is 2. The van der Waals surface area contributed by atoms with E-state index in [0.717, 1.165) is 62.4 Å². The largest absolute Gasteiger partial charge is 0.478 e. The van der Waals surface area contributed by atoms with Crippen LogP contribution in [0.2, 0.25) is 5.02 Å². The van der Waals surface area contributed by atoms with E-state index in [2.05, 4.69) is 36.0 Å². The SMILES string of the molecule is CCn1c(SCC(=O)Nc2ccc(C(C)=O)cc2)nc2nc3c(cc2c1=O)CCCC3.O=C(CN1C(=O)c2ccc(C(=O)c3ccc4c(c3)C(=O)N(NC(=O)c3ccncc3)C4=O)cc2C1=O)c1ccncc1.O=C(O)c1ccc(Oc2ccc(C(=O)c3ccc4c(c3)C(=O)N(c3cccc5ccccc35)C4=O)cc2)cc1.O=C(O)c1ccc2c(c1)C(=O)N(c1cccc(C(=O)Nc3cccc(Cl)c3)c1)C2=O. The van der Waals surface area contributed by atoms with Gasteiger partial charge in [-0.15, -0.1) is 0 Å². The maximum absolute atomic E-state index is 13.4. The predicted octanol–water partition coefficient (Wildman–Crippen LogP) is 16.2. The second-order valence-electron chi connectivity index (χ2n) is 32.4. The molecule has 0 radical (unpaired) electrons. The summed E-state index contributed by atoms with van der Waals surface area (Å²) in [5.74, 6) is -9.00. The number of ketones is 4. The zero-order valence-electron chi connectivity index (χ0n) is 74.6. The molecule has 4 aromatic heterocycles. The number of rotatable bonds is 23. The van der Waals surface area contributed by atoms with Crippen LogP contribution in [-0.2, 0) is 24.2 Å². The summed E-state index contributed by atoms with van der Waals surface area (Å²) < 4.78 is 7.33. The number of anilines is 4. The third-order valence-electron chi connectivity index (χ3n) is 23.4. The van der Waals surface area contributed by atoms with Crippen LogP contribution >= 0.6 is 23.4 Å². The molecule has 0 unspecified atom stereocenters. The van der Waals surface area contributed by atoms with Crippen LogP contribution in [0.5, 0.6) is 11.5 Å². The first-order chi connectivity index (χ1) is 68.4. The third kappa shape index (κ3) is 19.7. The average Bonchev–Trinajstić information content (AvgIpc) is 1.57. The topological polar surface area (TPSA) is 462 Å². The van der Waals surface area contributed by atoms with Crippen LogP contribution in [0.4, 0.5) is 22.7 Å². The zero-order chi connectivity index (χ0) is 100. The van der Waals surface area contributed by atoms with Gasteiger partial charge in [-0.3, -0.25) is 102 Å². The Morgan fingerprint density at radius 1 is 0.423 bits per heavy atom. The Kier molecular flexibility index (Phi) is 27.2. The number of hydrazine groups is 1. The van der Waals surface area contributed by atoms with Crippen LogP contribution in [0.1, 0.15) is 215 Å². The Bertz CT molecular complexity index is 7840. The van der Waals surface area contributed by atoms with E-state index in [1.54, 1.807) is 120 Å². The maximum atomic E-state index is 13.4. The number of nitrogens with one attached hydrogen (secondary N) is 3. The summed E-state index contributed by atoms with van der Waals surface area (Å²) in [4.78, 5) is 247. The van der Waals surface area contributed by atoms with E-state index in [9.17, 15) is 86.3 Å². The second kappa shape index (κ2) is 40.7. The molecular weight excluding hydrogens is 1860 g/mol. The van der Waals surface area contributed by atoms with E-state index >= 15 is 0 Å². The number of hydrogen-bond donors (Lipinski definition) is 5. The molecule has 5 N–H and O–H groups in total. The number of aromatic carboxylic acids is 2. The van der Waals surface area contributed by atoms with Crippen molar-refractivity contribution in [3.8, 4) is 11.5 Å². The van der Waals surface area contributed by atoms with Crippen LogP contribution in [0.25, 0.3) is 21.8 Å². The third-order valence-corrected chi connectivity index (χ3v) is 24.7. The highest BCUT2D eigenvalue weighted by Gasteiger charge is 2.43. The summed E-state index contributed by atoms with van der Waals surface area (Å²) in [6.45, 7) is 3.38. The van der Waals surface area contributed by atoms with Gasteiger partial charge in [-0.1, -0.05) is 90.1 Å². The minimum Gasteiger partial charge on any atom is -0.478 e. The number of pyridine rings is 3. The van der Waals surface area contributed by atoms with Crippen molar-refractivity contribution in [2.45, 2.75) is 51.2 Å². The molecule has 4 aliphatic heterocycles. The molecule has 1 aliphatic carbocycles. The number of halogens is 1. The number of carbonyl (C=O) groups excluding carboxylic acids is 15. The molecule has 0 saturated heterocycles. The number of aryl methyl sites for hydroxylation is 2. The van der Waals surface area contributed by atoms with Gasteiger partial charge in [0.1, 0.15) is 11.5 Å². The minimum absolute atomic E-state index is 0.00388. The highest BCUT2D eigenvalue weighted by Crippen LogP contribution is 2.38. The van der Waals surface area contributed by atoms with Crippen molar-refractivity contribution in [2.24, 2.45) is 0 Å². The Hall–Kier alpha value is -18.7. The van der Waals surface area contributed by atoms with Gasteiger partial charge in [0, 0.05) is 103 Å². The number of nitrogens with zero attached hydrogens (tertiary/aromatic N) is 9. The first-order valence-electron chi connectivity index (χ1n) is 43.7. The van der Waals surface area contributed by atoms with E-state index in [1.165, 1.54) is 159 Å². The summed E-state index contributed by atoms with van der Waals surface area (Å²) in [5, 5.41) is 27.4. The van der Waals surface area contributed by atoms with E-state index in [1.807, 2.05) is 43.3 Å². The van der Waals surface area contributed by atoms with Gasteiger partial charge < -0.3 is 25.6 Å². The fraction of sp³-hybridized carbons (Fsp3) is 0.0841. The number of benzene rings is 11. The van der Waals surface area contributed by atoms with Crippen LogP contribution in [0.15, 0.2) is 302 Å². The average molecular weight is 1930 g/mol. The predicted molar refractivity (Wildman–Crippen MR) is 520 cm³/mol. The molecule has 0 spiro atoms. The van der Waals surface area contributed by atoms with E-state index < -0.39 is 89.1 Å². The smallest absolute Gasteiger partial charge is 0.335 e. The molecule has 700 valence electrons. The number of aromatic nitrogens is 5. The molecule has 20 rings (SSSR count). The van der Waals surface area contributed by atoms with Crippen molar-refractivity contribution in [3.05, 3.63) is 418 Å². The molecule has 142 heavy (non-hydrogen) atoms. The van der Waals surface area contributed by atoms with E-state index in [-0.39, 0.29) is 123 Å². The van der Waals surface area contributed by atoms with Crippen molar-refractivity contribution < 1.29 is 96.5 Å². The Morgan fingerprint density at radius 3 is 1.56 bits per heavy atom. The molecule has 5 aliphatic rings. The van der Waals surface area contributed by atoms with Gasteiger partial charge >= 0.3 is 11.9 Å². The molecule has 11 amide bonds. The van der Waals surface area contributed by atoms with Crippen LogP contribution < -0.4 is 36.2 Å². The monoisotopic (exact) mass is 1930 g/mol. The first kappa shape index (κ1) is 95.0. The van der Waals surface area contributed by atoms with Gasteiger partial charge in [0.15, 0.2) is 33.9 Å². The summed E-state index contributed by atoms with van der Waals surface area (Å²) in [7, 11) is 0. The molecule has 0 fully saturated rings. The fourth-order valence-corrected chi connectivity index (χ4v) is 17.3. The number of carboxylic acids is 2. The standard InChI is InChI=1S/C32H19NO6.C30H17N5O7.C23H24N4O3S.C22H13ClN2O5/c34-29(20-8-13-23(14-9-20)39-24-15-10-21(11-16-24)32(37)38)22-12-17-26-27(18-22)31(36)33(30(26)35)28-7-3-5-19-4-1-2-6-25(19)28;36-24(16-5-9-31-10-6-16)15-34-27(39)20-3-1-18(13-22(20)28(34)40)25(37)19-2-4-21-23(14-19)30(42)35(29(21)41)33-26(38)17-7-11-32-12-8-17;1-3-27-22(30)18-12-16-6-4-5-7-19(16)25-21(18)26-23(27)31-13-20(29)24-17-10-8-15(9-11-17)14(2)28;23-14-4-2-5-15(11-14)24-19(26)12-3-1-6-16(9-12)25-20(27)17-8-7-13(22(29)30)10-18(17)21(25)28/h1-18H,(H,37,38);1-14H,15H2,(H,33,38);8-12H,3-7,13H2,1-2H3,(H,24,29);1-11H,(H,24,26)(H,29,30). The number of thioether (sulfide) groups is 1. The Morgan fingerprint density at radius 2 is 0.930 bits per heavy atom. The van der Waals surface area contributed by atoms with Crippen LogP contribution in [0.3, 0.4) is 0 Å². The minimum atomic E-state index is -1.20. The normalized spacial score (nSPS) is 13.0. The van der Waals surface area contributed by atoms with Gasteiger partial charge in [0.2, 0.25) is 5.91 Å². The number of hydrogen-bond acceptors (Lipinski definition) is 24. The lowest BCUT2D eigenvalue weighted by Gasteiger charge is -2.16. The van der Waals surface area contributed by atoms with Crippen molar-refractivity contribution >= 4 is 168 Å². The van der Waals surface area contributed by atoms with E-state index in [0.29, 0.717) is 72.5 Å². The number of amides is 11. The molecule has 0 bridgehead atoms. The number of imide groups is 4. The molecule has 33 nitrogen and oxygen atoms in total. The van der Waals surface area contributed by atoms with Crippen molar-refractivity contribution in [2.75, 3.05) is 32.7 Å². The van der Waals surface area contributed by atoms with Crippen molar-refractivity contribution in [3.63, 3.8) is 0 Å². The molecule has 15 aromatic rings. The van der Waals surface area contributed by atoms with Crippen LogP contribution in [-0.4, -0.2) is 157 Å². The number of carbonyl (C=O) groups is 17. The van der Waals surface area contributed by atoms with Gasteiger partial charge in [0.25, 0.3) is 64.6 Å². The van der Waals surface area contributed by atoms with Crippen molar-refractivity contribution in [1.29, 1.82) is 0 Å². The lowest BCUT2D eigenvalue weighted by atomic mass is 9.95. The summed E-state index contributed by atoms with van der Waals surface area (Å²) in [6.07, 6.45) is 9.71. The molecule has 8 heterocycles. The molecule has 11 aromatic carbocycles. The highest BCUT2D eigenvalue weighted by molar-refractivity contribution is 7.99. The van der Waals surface area contributed by atoms with Gasteiger partial charge in [-0.05, 0) is 251 Å². The highest BCUT2D eigenvalue weighted by atomic mass is 35.5. The molecule has 35 heteroatoms. The zero-order valence-corrected chi connectivity index (χ0v) is 76.2. The van der Waals surface area contributed by atoms with Gasteiger partial charge in [0.05, 0.1) is 84.7 Å². The summed E-state index contributed by atoms with van der Waals surface area (Å²) >= 11 is 7.14. The first-order valence-corrected chi connectivity index (χ1v) is 45.1. The lowest BCUT2D eigenvalue weighted by Crippen LogP contribution is -2.45. The maximum Gasteiger partial charge on any atom is 0.335 e.